The summed E-state index contributed by atoms with van der Waals surface area (Å²) in [7, 11) is 1.33. The molecule has 1 aliphatic rings. The lowest BCUT2D eigenvalue weighted by molar-refractivity contribution is 0.0104. The molecular formula is C15H21N3O4. The van der Waals surface area contributed by atoms with Crippen molar-refractivity contribution in [2.45, 2.75) is 32.4 Å². The second-order valence-electron chi connectivity index (χ2n) is 6.15. The molecule has 7 nitrogen and oxygen atoms in total. The number of carbonyl (C=O) groups is 2. The summed E-state index contributed by atoms with van der Waals surface area (Å²) in [5.74, 6) is 0.172. The zero-order valence-corrected chi connectivity index (χ0v) is 13.3. The Balaban J connectivity index is 1.85. The van der Waals surface area contributed by atoms with E-state index in [9.17, 15) is 9.59 Å². The lowest BCUT2D eigenvalue weighted by Crippen LogP contribution is -2.58. The normalized spacial score (nSPS) is 15.0. The quantitative estimate of drug-likeness (QED) is 0.859. The zero-order chi connectivity index (χ0) is 16.3. The molecule has 0 unspecified atom stereocenters. The number of nitrogens with zero attached hydrogens (tertiary/aromatic N) is 2. The molecule has 1 amide bonds. The van der Waals surface area contributed by atoms with Gasteiger partial charge >= 0.3 is 12.1 Å². The van der Waals surface area contributed by atoms with E-state index >= 15 is 0 Å². The van der Waals surface area contributed by atoms with Crippen LogP contribution in [0.15, 0.2) is 18.3 Å². The predicted octanol–water partition coefficient (Wildman–Crippen LogP) is 1.90. The van der Waals surface area contributed by atoms with E-state index in [-0.39, 0.29) is 12.1 Å². The number of anilines is 1. The lowest BCUT2D eigenvalue weighted by atomic mass is 10.1. The number of hydrogen-bond donors (Lipinski definition) is 1. The molecule has 0 aliphatic carbocycles. The SMILES string of the molecule is COC(=O)c1ccnc(NC2CN(C(=O)OC(C)(C)C)C2)c1. The van der Waals surface area contributed by atoms with Gasteiger partial charge in [-0.2, -0.15) is 0 Å². The van der Waals surface area contributed by atoms with Crippen molar-refractivity contribution in [3.8, 4) is 0 Å². The molecule has 22 heavy (non-hydrogen) atoms. The highest BCUT2D eigenvalue weighted by Crippen LogP contribution is 2.18. The predicted molar refractivity (Wildman–Crippen MR) is 80.8 cm³/mol. The standard InChI is InChI=1S/C15H21N3O4/c1-15(2,3)22-14(20)18-8-11(9-18)17-12-7-10(5-6-16-12)13(19)21-4/h5-7,11H,8-9H2,1-4H3,(H,16,17). The van der Waals surface area contributed by atoms with Crippen LogP contribution in [-0.4, -0.2) is 53.8 Å². The third-order valence-corrected chi connectivity index (χ3v) is 3.07. The number of ether oxygens (including phenoxy) is 2. The summed E-state index contributed by atoms with van der Waals surface area (Å²) in [5.41, 5.74) is -0.0604. The van der Waals surface area contributed by atoms with Gasteiger partial charge in [-0.3, -0.25) is 0 Å². The smallest absolute Gasteiger partial charge is 0.410 e. The van der Waals surface area contributed by atoms with Crippen LogP contribution in [0.1, 0.15) is 31.1 Å². The molecule has 0 aromatic carbocycles. The summed E-state index contributed by atoms with van der Waals surface area (Å²) in [6.45, 7) is 6.59. The van der Waals surface area contributed by atoms with Gasteiger partial charge in [0, 0.05) is 19.3 Å². The van der Waals surface area contributed by atoms with Gasteiger partial charge in [0.25, 0.3) is 0 Å². The van der Waals surface area contributed by atoms with E-state index in [0.717, 1.165) is 0 Å². The third kappa shape index (κ3) is 4.09. The van der Waals surface area contributed by atoms with Crippen LogP contribution in [0.25, 0.3) is 0 Å². The highest BCUT2D eigenvalue weighted by molar-refractivity contribution is 5.90. The first-order valence-corrected chi connectivity index (χ1v) is 7.07. The number of carbonyl (C=O) groups excluding carboxylic acids is 2. The summed E-state index contributed by atoms with van der Waals surface area (Å²) in [5, 5.41) is 3.18. The number of esters is 1. The van der Waals surface area contributed by atoms with E-state index in [4.69, 9.17) is 4.74 Å². The van der Waals surface area contributed by atoms with Gasteiger partial charge in [0.15, 0.2) is 0 Å². The Hall–Kier alpha value is -2.31. The Bertz CT molecular complexity index is 562. The van der Waals surface area contributed by atoms with E-state index in [1.807, 2.05) is 20.8 Å². The molecule has 1 saturated heterocycles. The highest BCUT2D eigenvalue weighted by Gasteiger charge is 2.33. The first-order valence-electron chi connectivity index (χ1n) is 7.07. The number of amides is 1. The Kier molecular flexibility index (Phi) is 4.54. The summed E-state index contributed by atoms with van der Waals surface area (Å²) in [6, 6.07) is 3.31. The van der Waals surface area contributed by atoms with Crippen LogP contribution in [0.2, 0.25) is 0 Å². The van der Waals surface area contributed by atoms with Crippen molar-refractivity contribution in [3.63, 3.8) is 0 Å². The number of likely N-dealkylation sites (tertiary alicyclic amines) is 1. The molecule has 2 heterocycles. The van der Waals surface area contributed by atoms with E-state index in [1.165, 1.54) is 7.11 Å². The maximum absolute atomic E-state index is 11.8. The number of hydrogen-bond acceptors (Lipinski definition) is 6. The van der Waals surface area contributed by atoms with E-state index in [2.05, 4.69) is 15.0 Å². The van der Waals surface area contributed by atoms with Crippen molar-refractivity contribution in [1.29, 1.82) is 0 Å². The number of rotatable bonds is 3. The van der Waals surface area contributed by atoms with Crippen LogP contribution < -0.4 is 5.32 Å². The van der Waals surface area contributed by atoms with Crippen molar-refractivity contribution in [2.24, 2.45) is 0 Å². The number of pyridine rings is 1. The molecule has 1 aromatic rings. The summed E-state index contributed by atoms with van der Waals surface area (Å²) >= 11 is 0. The van der Waals surface area contributed by atoms with E-state index in [1.54, 1.807) is 23.2 Å². The van der Waals surface area contributed by atoms with Crippen LogP contribution in [0.3, 0.4) is 0 Å². The molecule has 2 rings (SSSR count). The van der Waals surface area contributed by atoms with Gasteiger partial charge in [-0.1, -0.05) is 0 Å². The summed E-state index contributed by atoms with van der Waals surface area (Å²) in [6.07, 6.45) is 1.22. The number of nitrogens with one attached hydrogen (secondary N) is 1. The molecule has 1 N–H and O–H groups in total. The number of aromatic nitrogens is 1. The molecular weight excluding hydrogens is 286 g/mol. The average Bonchev–Trinajstić information content (AvgIpc) is 2.39. The second kappa shape index (κ2) is 6.21. The van der Waals surface area contributed by atoms with Crippen LogP contribution >= 0.6 is 0 Å². The van der Waals surface area contributed by atoms with Crippen molar-refractivity contribution in [1.82, 2.24) is 9.88 Å². The van der Waals surface area contributed by atoms with Gasteiger partial charge < -0.3 is 19.7 Å². The Labute approximate surface area is 129 Å². The summed E-state index contributed by atoms with van der Waals surface area (Å²) in [4.78, 5) is 29.1. The fourth-order valence-electron chi connectivity index (χ4n) is 2.01. The largest absolute Gasteiger partial charge is 0.465 e. The highest BCUT2D eigenvalue weighted by atomic mass is 16.6. The van der Waals surface area contributed by atoms with Gasteiger partial charge in [-0.15, -0.1) is 0 Å². The van der Waals surface area contributed by atoms with E-state index < -0.39 is 11.6 Å². The first kappa shape index (κ1) is 16.1. The fraction of sp³-hybridized carbons (Fsp3) is 0.533. The minimum absolute atomic E-state index is 0.0907. The molecule has 1 fully saturated rings. The topological polar surface area (TPSA) is 80.8 Å². The molecule has 0 atom stereocenters. The maximum Gasteiger partial charge on any atom is 0.410 e. The molecule has 0 spiro atoms. The Morgan fingerprint density at radius 3 is 2.64 bits per heavy atom. The molecule has 0 radical (unpaired) electrons. The fourth-order valence-corrected chi connectivity index (χ4v) is 2.01. The van der Waals surface area contributed by atoms with Crippen LogP contribution in [0.5, 0.6) is 0 Å². The van der Waals surface area contributed by atoms with Gasteiger partial charge in [0.1, 0.15) is 11.4 Å². The summed E-state index contributed by atoms with van der Waals surface area (Å²) < 4.78 is 9.96. The van der Waals surface area contributed by atoms with Gasteiger partial charge in [-0.05, 0) is 32.9 Å². The van der Waals surface area contributed by atoms with Crippen molar-refractivity contribution in [2.75, 3.05) is 25.5 Å². The van der Waals surface area contributed by atoms with E-state index in [0.29, 0.717) is 24.5 Å². The van der Waals surface area contributed by atoms with Crippen LogP contribution in [0, 0.1) is 0 Å². The Morgan fingerprint density at radius 1 is 1.36 bits per heavy atom. The minimum Gasteiger partial charge on any atom is -0.465 e. The third-order valence-electron chi connectivity index (χ3n) is 3.07. The number of methoxy groups -OCH3 is 1. The first-order chi connectivity index (χ1) is 10.3. The molecule has 0 bridgehead atoms. The molecule has 120 valence electrons. The average molecular weight is 307 g/mol. The van der Waals surface area contributed by atoms with Gasteiger partial charge in [0.2, 0.25) is 0 Å². The molecule has 1 aliphatic heterocycles. The minimum atomic E-state index is -0.494. The van der Waals surface area contributed by atoms with Crippen LogP contribution in [-0.2, 0) is 9.47 Å². The molecule has 7 heteroatoms. The van der Waals surface area contributed by atoms with Gasteiger partial charge in [-0.25, -0.2) is 14.6 Å². The van der Waals surface area contributed by atoms with Crippen molar-refractivity contribution >= 4 is 17.9 Å². The Morgan fingerprint density at radius 2 is 2.05 bits per heavy atom. The van der Waals surface area contributed by atoms with Crippen molar-refractivity contribution < 1.29 is 19.1 Å². The van der Waals surface area contributed by atoms with Crippen LogP contribution in [0.4, 0.5) is 10.6 Å². The second-order valence-corrected chi connectivity index (χ2v) is 6.15. The van der Waals surface area contributed by atoms with Gasteiger partial charge in [0.05, 0.1) is 18.7 Å². The van der Waals surface area contributed by atoms with Crippen molar-refractivity contribution in [3.05, 3.63) is 23.9 Å². The molecule has 0 saturated carbocycles. The zero-order valence-electron chi connectivity index (χ0n) is 13.3. The monoisotopic (exact) mass is 307 g/mol. The lowest BCUT2D eigenvalue weighted by Gasteiger charge is -2.40. The maximum atomic E-state index is 11.8. The molecule has 1 aromatic heterocycles.